The van der Waals surface area contributed by atoms with Crippen LogP contribution in [0.25, 0.3) is 0 Å². The molecular formula is C22H23ClN2O5. The van der Waals surface area contributed by atoms with Gasteiger partial charge in [-0.1, -0.05) is 29.8 Å². The second kappa shape index (κ2) is 8.53. The van der Waals surface area contributed by atoms with Crippen molar-refractivity contribution in [3.63, 3.8) is 0 Å². The third-order valence-corrected chi connectivity index (χ3v) is 6.25. The first-order chi connectivity index (χ1) is 14.4. The number of aromatic carboxylic acids is 1. The number of anilines is 1. The maximum Gasteiger partial charge on any atom is 0.414 e. The minimum Gasteiger partial charge on any atom is -0.506 e. The average Bonchev–Trinajstić information content (AvgIpc) is 2.75. The molecule has 7 nitrogen and oxygen atoms in total. The molecule has 5 rings (SSSR count). The number of halogens is 1. The van der Waals surface area contributed by atoms with Gasteiger partial charge in [0.25, 0.3) is 0 Å². The molecule has 1 amide bonds. The lowest BCUT2D eigenvalue weighted by molar-refractivity contribution is -0.0311. The van der Waals surface area contributed by atoms with Crippen LogP contribution < -0.4 is 4.90 Å². The van der Waals surface area contributed by atoms with E-state index in [1.165, 1.54) is 23.1 Å². The van der Waals surface area contributed by atoms with Gasteiger partial charge in [0.15, 0.2) is 0 Å². The lowest BCUT2D eigenvalue weighted by Gasteiger charge is -2.44. The van der Waals surface area contributed by atoms with E-state index in [9.17, 15) is 14.7 Å². The van der Waals surface area contributed by atoms with Gasteiger partial charge in [0, 0.05) is 6.54 Å². The number of ether oxygens (including phenoxy) is 1. The Morgan fingerprint density at radius 2 is 1.83 bits per heavy atom. The van der Waals surface area contributed by atoms with Gasteiger partial charge in [-0.2, -0.15) is 0 Å². The van der Waals surface area contributed by atoms with Gasteiger partial charge >= 0.3 is 12.1 Å². The maximum atomic E-state index is 13.2. The molecule has 3 aliphatic heterocycles. The zero-order valence-electron chi connectivity index (χ0n) is 16.3. The van der Waals surface area contributed by atoms with E-state index in [0.717, 1.165) is 32.5 Å². The number of nitrogens with zero attached hydrogens (tertiary/aromatic N) is 2. The summed E-state index contributed by atoms with van der Waals surface area (Å²) in [5.74, 6) is -0.789. The second-order valence-corrected chi connectivity index (χ2v) is 8.14. The number of carboxylic acids is 1. The zero-order valence-corrected chi connectivity index (χ0v) is 17.1. The molecule has 0 aliphatic carbocycles. The molecule has 3 fully saturated rings. The molecule has 0 unspecified atom stereocenters. The molecule has 2 N–H and O–H groups in total. The summed E-state index contributed by atoms with van der Waals surface area (Å²) in [5, 5.41) is 19.2. The van der Waals surface area contributed by atoms with Crippen LogP contribution in [0.2, 0.25) is 5.02 Å². The Hall–Kier alpha value is -2.77. The van der Waals surface area contributed by atoms with E-state index in [1.54, 1.807) is 24.3 Å². The van der Waals surface area contributed by atoms with Crippen LogP contribution in [0.4, 0.5) is 10.5 Å². The molecule has 0 spiro atoms. The summed E-state index contributed by atoms with van der Waals surface area (Å²) in [6, 6.07) is 11.0. The highest BCUT2D eigenvalue weighted by molar-refractivity contribution is 6.35. The van der Waals surface area contributed by atoms with Crippen molar-refractivity contribution in [1.82, 2.24) is 4.90 Å². The molecule has 0 aromatic heterocycles. The SMILES string of the molecule is O=C(O)c1ccc(CN(C(=O)O[C@H]2CN3CCC2CC3)c2cccc(O)c2Cl)cc1. The van der Waals surface area contributed by atoms with Crippen molar-refractivity contribution in [2.75, 3.05) is 24.5 Å². The fourth-order valence-corrected chi connectivity index (χ4v) is 4.37. The van der Waals surface area contributed by atoms with Gasteiger partial charge in [-0.25, -0.2) is 9.59 Å². The molecule has 0 radical (unpaired) electrons. The van der Waals surface area contributed by atoms with Crippen LogP contribution in [0.1, 0.15) is 28.8 Å². The molecule has 2 aromatic carbocycles. The number of rotatable bonds is 5. The molecule has 3 heterocycles. The van der Waals surface area contributed by atoms with Crippen molar-refractivity contribution in [2.45, 2.75) is 25.5 Å². The summed E-state index contributed by atoms with van der Waals surface area (Å²) in [4.78, 5) is 28.0. The molecule has 0 saturated carbocycles. The zero-order chi connectivity index (χ0) is 21.3. The monoisotopic (exact) mass is 430 g/mol. The summed E-state index contributed by atoms with van der Waals surface area (Å²) in [5.41, 5.74) is 1.21. The number of hydrogen-bond donors (Lipinski definition) is 2. The average molecular weight is 431 g/mol. The third kappa shape index (κ3) is 4.22. The number of carbonyl (C=O) groups is 2. The van der Waals surface area contributed by atoms with Crippen molar-refractivity contribution in [3.05, 3.63) is 58.6 Å². The highest BCUT2D eigenvalue weighted by atomic mass is 35.5. The Labute approximate surface area is 179 Å². The lowest BCUT2D eigenvalue weighted by Crippen LogP contribution is -2.53. The number of carbonyl (C=O) groups excluding carboxylic acids is 1. The van der Waals surface area contributed by atoms with Crippen LogP contribution in [0.5, 0.6) is 5.75 Å². The number of amides is 1. The minimum absolute atomic E-state index is 0.0607. The molecule has 3 aliphatic rings. The number of carboxylic acid groups (broad SMARTS) is 1. The van der Waals surface area contributed by atoms with Crippen molar-refractivity contribution in [3.8, 4) is 5.75 Å². The molecular weight excluding hydrogens is 408 g/mol. The van der Waals surface area contributed by atoms with Gasteiger partial charge in [-0.15, -0.1) is 0 Å². The van der Waals surface area contributed by atoms with E-state index in [2.05, 4.69) is 4.90 Å². The first-order valence-corrected chi connectivity index (χ1v) is 10.3. The Morgan fingerprint density at radius 3 is 2.43 bits per heavy atom. The second-order valence-electron chi connectivity index (χ2n) is 7.76. The van der Waals surface area contributed by atoms with E-state index in [-0.39, 0.29) is 29.0 Å². The smallest absolute Gasteiger partial charge is 0.414 e. The topological polar surface area (TPSA) is 90.3 Å². The number of hydrogen-bond acceptors (Lipinski definition) is 5. The van der Waals surface area contributed by atoms with Gasteiger partial charge in [0.05, 0.1) is 17.8 Å². The summed E-state index contributed by atoms with van der Waals surface area (Å²) in [6.45, 7) is 2.93. The van der Waals surface area contributed by atoms with Gasteiger partial charge < -0.3 is 14.9 Å². The highest BCUT2D eigenvalue weighted by Gasteiger charge is 2.37. The first kappa shape index (κ1) is 20.5. The predicted octanol–water partition coefficient (Wildman–Crippen LogP) is 3.98. The standard InChI is InChI=1S/C22H23ClN2O5/c23-20-17(2-1-3-18(20)26)25(12-14-4-6-16(7-5-14)21(27)28)22(29)30-19-13-24-10-8-15(19)9-11-24/h1-7,15,19,26H,8-13H2,(H,27,28)/t19-/m0/s1. The van der Waals surface area contributed by atoms with Crippen LogP contribution >= 0.6 is 11.6 Å². The Morgan fingerprint density at radius 1 is 1.13 bits per heavy atom. The summed E-state index contributed by atoms with van der Waals surface area (Å²) < 4.78 is 5.88. The van der Waals surface area contributed by atoms with Gasteiger partial charge in [-0.3, -0.25) is 9.80 Å². The van der Waals surface area contributed by atoms with Crippen LogP contribution in [0, 0.1) is 5.92 Å². The van der Waals surface area contributed by atoms with Crippen LogP contribution in [-0.4, -0.2) is 52.9 Å². The molecule has 8 heteroatoms. The molecule has 2 bridgehead atoms. The molecule has 3 saturated heterocycles. The highest BCUT2D eigenvalue weighted by Crippen LogP contribution is 2.36. The number of benzene rings is 2. The lowest BCUT2D eigenvalue weighted by atomic mass is 9.86. The van der Waals surface area contributed by atoms with Crippen molar-refractivity contribution >= 4 is 29.4 Å². The van der Waals surface area contributed by atoms with Crippen molar-refractivity contribution in [1.29, 1.82) is 0 Å². The van der Waals surface area contributed by atoms with E-state index in [4.69, 9.17) is 21.4 Å². The molecule has 2 aromatic rings. The predicted molar refractivity (Wildman–Crippen MR) is 112 cm³/mol. The molecule has 30 heavy (non-hydrogen) atoms. The van der Waals surface area contributed by atoms with Gasteiger partial charge in [-0.05, 0) is 61.7 Å². The molecule has 1 atom stereocenters. The quantitative estimate of drug-likeness (QED) is 0.745. The third-order valence-electron chi connectivity index (χ3n) is 5.86. The Bertz CT molecular complexity index is 941. The fraction of sp³-hybridized carbons (Fsp3) is 0.364. The number of piperidine rings is 3. The van der Waals surface area contributed by atoms with Gasteiger partial charge in [0.1, 0.15) is 16.9 Å². The maximum absolute atomic E-state index is 13.2. The Kier molecular flexibility index (Phi) is 5.83. The summed E-state index contributed by atoms with van der Waals surface area (Å²) in [7, 11) is 0. The Balaban J connectivity index is 1.59. The van der Waals surface area contributed by atoms with Crippen LogP contribution in [0.3, 0.4) is 0 Å². The number of phenolic OH excluding ortho intramolecular Hbond substituents is 1. The number of fused-ring (bicyclic) bond motifs is 3. The minimum atomic E-state index is -1.02. The van der Waals surface area contributed by atoms with E-state index in [0.29, 0.717) is 17.2 Å². The van der Waals surface area contributed by atoms with Crippen LogP contribution in [0.15, 0.2) is 42.5 Å². The normalized spacial score (nSPS) is 22.5. The largest absolute Gasteiger partial charge is 0.506 e. The molecule has 158 valence electrons. The summed E-state index contributed by atoms with van der Waals surface area (Å²) in [6.07, 6.45) is 1.32. The van der Waals surface area contributed by atoms with Crippen LogP contribution in [-0.2, 0) is 11.3 Å². The van der Waals surface area contributed by atoms with E-state index >= 15 is 0 Å². The van der Waals surface area contributed by atoms with Crippen molar-refractivity contribution in [2.24, 2.45) is 5.92 Å². The van der Waals surface area contributed by atoms with E-state index < -0.39 is 12.1 Å². The summed E-state index contributed by atoms with van der Waals surface area (Å²) >= 11 is 6.29. The fourth-order valence-electron chi connectivity index (χ4n) is 4.14. The first-order valence-electron chi connectivity index (χ1n) is 9.92. The van der Waals surface area contributed by atoms with Crippen molar-refractivity contribution < 1.29 is 24.5 Å². The number of phenols is 1. The number of aromatic hydroxyl groups is 1. The van der Waals surface area contributed by atoms with E-state index in [1.807, 2.05) is 0 Å². The van der Waals surface area contributed by atoms with Gasteiger partial charge in [0.2, 0.25) is 0 Å².